The van der Waals surface area contributed by atoms with Gasteiger partial charge in [0.25, 0.3) is 11.6 Å². The Morgan fingerprint density at radius 3 is 1.10 bits per heavy atom. The van der Waals surface area contributed by atoms with Gasteiger partial charge in [0.05, 0.1) is 0 Å². The van der Waals surface area contributed by atoms with E-state index in [0.29, 0.717) is 0 Å². The highest BCUT2D eigenvalue weighted by Gasteiger charge is 2.91. The lowest BCUT2D eigenvalue weighted by Gasteiger charge is -2.41. The molecular formula is C14F24O3. The van der Waals surface area contributed by atoms with E-state index < -0.39 is 83.3 Å². The van der Waals surface area contributed by atoms with Gasteiger partial charge in [-0.05, 0) is 0 Å². The third-order valence-electron chi connectivity index (χ3n) is 4.19. The Hall–Kier alpha value is -2.64. The highest BCUT2D eigenvalue weighted by Crippen LogP contribution is 2.59. The fraction of sp³-hybridized carbons (Fsp3) is 0.714. The van der Waals surface area contributed by atoms with Gasteiger partial charge in [0.15, 0.2) is 0 Å². The fourth-order valence-corrected chi connectivity index (χ4v) is 2.09. The minimum Gasteiger partial charge on any atom is -0.288 e. The first-order valence-corrected chi connectivity index (χ1v) is 8.35. The number of carbonyl (C=O) groups is 2. The van der Waals surface area contributed by atoms with Gasteiger partial charge in [-0.1, -0.05) is 0 Å². The standard InChI is InChI=1S/C14F24O3/c15-1(2(16)17)5(18,19)3(39)7(21,22)6(20,11(28,29)30)4(40)8(23,24)10(27,13(34,35)36)41-14(37,38)9(25,26)12(31,32)33. The van der Waals surface area contributed by atoms with Crippen molar-refractivity contribution in [3.63, 3.8) is 0 Å². The molecule has 0 saturated heterocycles. The van der Waals surface area contributed by atoms with Crippen LogP contribution in [0.15, 0.2) is 11.9 Å². The first kappa shape index (κ1) is 38.4. The van der Waals surface area contributed by atoms with Crippen LogP contribution in [0.4, 0.5) is 105 Å². The quantitative estimate of drug-likeness (QED) is 0.227. The van der Waals surface area contributed by atoms with E-state index in [1.165, 1.54) is 0 Å². The van der Waals surface area contributed by atoms with Gasteiger partial charge in [-0.15, -0.1) is 0 Å². The highest BCUT2D eigenvalue weighted by atomic mass is 19.4. The van der Waals surface area contributed by atoms with Crippen LogP contribution in [-0.4, -0.2) is 71.4 Å². The molecule has 0 aliphatic heterocycles. The predicted molar refractivity (Wildman–Crippen MR) is 72.0 cm³/mol. The van der Waals surface area contributed by atoms with Crippen molar-refractivity contribution < 1.29 is 120 Å². The lowest BCUT2D eigenvalue weighted by atomic mass is 9.82. The van der Waals surface area contributed by atoms with Crippen LogP contribution in [-0.2, 0) is 14.3 Å². The summed E-state index contributed by atoms with van der Waals surface area (Å²) >= 11 is 0. The summed E-state index contributed by atoms with van der Waals surface area (Å²) in [5, 5.41) is 0. The first-order valence-electron chi connectivity index (χ1n) is 8.35. The Morgan fingerprint density at radius 1 is 0.463 bits per heavy atom. The number of ketones is 2. The predicted octanol–water partition coefficient (Wildman–Crippen LogP) is 7.41. The summed E-state index contributed by atoms with van der Waals surface area (Å²) in [7, 11) is 0. The van der Waals surface area contributed by atoms with E-state index in [2.05, 4.69) is 0 Å². The zero-order chi connectivity index (χ0) is 34.0. The fourth-order valence-electron chi connectivity index (χ4n) is 2.09. The molecule has 0 fully saturated rings. The summed E-state index contributed by atoms with van der Waals surface area (Å²) in [6.45, 7) is 0. The van der Waals surface area contributed by atoms with E-state index in [1.807, 2.05) is 0 Å². The lowest BCUT2D eigenvalue weighted by molar-refractivity contribution is -0.504. The van der Waals surface area contributed by atoms with Crippen LogP contribution in [0.1, 0.15) is 0 Å². The Morgan fingerprint density at radius 2 is 0.829 bits per heavy atom. The zero-order valence-electron chi connectivity index (χ0n) is 17.3. The van der Waals surface area contributed by atoms with Crippen molar-refractivity contribution >= 4 is 11.6 Å². The van der Waals surface area contributed by atoms with Crippen molar-refractivity contribution in [2.75, 3.05) is 0 Å². The van der Waals surface area contributed by atoms with Crippen LogP contribution >= 0.6 is 0 Å². The number of hydrogen-bond acceptors (Lipinski definition) is 3. The molecule has 0 aromatic rings. The number of allylic oxidation sites excluding steroid dienone is 1. The number of halogens is 24. The van der Waals surface area contributed by atoms with E-state index in [-0.39, 0.29) is 0 Å². The lowest BCUT2D eigenvalue weighted by Crippen LogP contribution is -2.74. The van der Waals surface area contributed by atoms with E-state index in [0.717, 1.165) is 4.74 Å². The van der Waals surface area contributed by atoms with E-state index in [1.54, 1.807) is 0 Å². The van der Waals surface area contributed by atoms with Gasteiger partial charge in [0, 0.05) is 0 Å². The average Bonchev–Trinajstić information content (AvgIpc) is 2.73. The Balaban J connectivity index is 7.62. The van der Waals surface area contributed by atoms with Crippen LogP contribution in [0.5, 0.6) is 0 Å². The van der Waals surface area contributed by atoms with Crippen molar-refractivity contribution in [2.24, 2.45) is 0 Å². The molecule has 0 aliphatic carbocycles. The molecule has 242 valence electrons. The second kappa shape index (κ2) is 9.98. The molecule has 0 aromatic carbocycles. The molecule has 0 amide bonds. The van der Waals surface area contributed by atoms with Crippen LogP contribution in [0, 0.1) is 0 Å². The second-order valence-corrected chi connectivity index (χ2v) is 6.90. The van der Waals surface area contributed by atoms with Crippen molar-refractivity contribution in [3.8, 4) is 0 Å². The molecule has 3 nitrogen and oxygen atoms in total. The molecule has 2 atom stereocenters. The van der Waals surface area contributed by atoms with Crippen molar-refractivity contribution in [2.45, 2.75) is 59.9 Å². The molecule has 0 aromatic heterocycles. The van der Waals surface area contributed by atoms with Gasteiger partial charge in [-0.3, -0.25) is 14.3 Å². The minimum atomic E-state index is -8.97. The molecule has 0 bridgehead atoms. The molecule has 41 heavy (non-hydrogen) atoms. The third kappa shape index (κ3) is 5.60. The monoisotopic (exact) mass is 672 g/mol. The van der Waals surface area contributed by atoms with Gasteiger partial charge >= 0.3 is 65.9 Å². The molecule has 0 radical (unpaired) electrons. The summed E-state index contributed by atoms with van der Waals surface area (Å²) in [4.78, 5) is 22.2. The molecule has 0 N–H and O–H groups in total. The van der Waals surface area contributed by atoms with Crippen LogP contribution in [0.25, 0.3) is 0 Å². The van der Waals surface area contributed by atoms with Gasteiger partial charge < -0.3 is 0 Å². The van der Waals surface area contributed by atoms with Crippen LogP contribution in [0.3, 0.4) is 0 Å². The Kier molecular flexibility index (Phi) is 9.33. The first-order chi connectivity index (χ1) is 17.4. The molecule has 0 aliphatic rings. The SMILES string of the molecule is O=C(C(F)(F)C(F)=C(F)F)C(F)(F)C(F)(C(=O)C(F)(F)C(F)(OC(F)(F)C(F)(F)C(F)(F)F)C(F)(F)F)C(F)(F)F. The topological polar surface area (TPSA) is 43.4 Å². The van der Waals surface area contributed by atoms with E-state index in [4.69, 9.17) is 0 Å². The summed E-state index contributed by atoms with van der Waals surface area (Å²) in [5.41, 5.74) is -8.87. The summed E-state index contributed by atoms with van der Waals surface area (Å²) in [5.74, 6) is -59.2. The molecule has 0 spiro atoms. The maximum Gasteiger partial charge on any atom is 0.462 e. The Bertz CT molecular complexity index is 1060. The van der Waals surface area contributed by atoms with Crippen LogP contribution in [0.2, 0.25) is 0 Å². The molecule has 0 heterocycles. The molecular weight excluding hydrogens is 672 g/mol. The number of carbonyl (C=O) groups excluding carboxylic acids is 2. The van der Waals surface area contributed by atoms with E-state index >= 15 is 0 Å². The summed E-state index contributed by atoms with van der Waals surface area (Å²) in [6, 6.07) is 0. The summed E-state index contributed by atoms with van der Waals surface area (Å²) < 4.78 is 313. The molecule has 27 heteroatoms. The molecule has 0 saturated carbocycles. The minimum absolute atomic E-state index is 0.941. The maximum atomic E-state index is 14.3. The smallest absolute Gasteiger partial charge is 0.288 e. The second-order valence-electron chi connectivity index (χ2n) is 6.90. The van der Waals surface area contributed by atoms with Crippen LogP contribution < -0.4 is 0 Å². The normalized spacial score (nSPS) is 18.0. The van der Waals surface area contributed by atoms with Crippen molar-refractivity contribution in [1.82, 2.24) is 0 Å². The van der Waals surface area contributed by atoms with Gasteiger partial charge in [0.2, 0.25) is 5.83 Å². The molecule has 0 rings (SSSR count). The maximum absolute atomic E-state index is 14.3. The van der Waals surface area contributed by atoms with Crippen molar-refractivity contribution in [1.29, 1.82) is 0 Å². The number of ether oxygens (including phenoxy) is 1. The number of Topliss-reactive ketones (excluding diaryl/α,β-unsaturated/α-hetero) is 2. The molecule has 2 unspecified atom stereocenters. The van der Waals surface area contributed by atoms with Crippen molar-refractivity contribution in [3.05, 3.63) is 11.9 Å². The number of alkyl halides is 21. The summed E-state index contributed by atoms with van der Waals surface area (Å²) in [6.07, 6.45) is -38.2. The highest BCUT2D eigenvalue weighted by molar-refractivity contribution is 6.05. The average molecular weight is 672 g/mol. The van der Waals surface area contributed by atoms with Gasteiger partial charge in [0.1, 0.15) is 0 Å². The zero-order valence-corrected chi connectivity index (χ0v) is 17.3. The Labute approximate surface area is 204 Å². The largest absolute Gasteiger partial charge is 0.462 e. The number of rotatable bonds is 10. The van der Waals surface area contributed by atoms with Gasteiger partial charge in [-0.25, -0.2) is 4.39 Å². The number of hydrogen-bond donors (Lipinski definition) is 0. The van der Waals surface area contributed by atoms with Gasteiger partial charge in [-0.2, -0.15) is 101 Å². The van der Waals surface area contributed by atoms with E-state index in [9.17, 15) is 115 Å². The third-order valence-corrected chi connectivity index (χ3v) is 4.19.